The number of hydrogen-bond donors (Lipinski definition) is 2. The van der Waals surface area contributed by atoms with Crippen LogP contribution in [0.2, 0.25) is 0 Å². The van der Waals surface area contributed by atoms with Crippen molar-refractivity contribution in [2.24, 2.45) is 0 Å². The van der Waals surface area contributed by atoms with Gasteiger partial charge in [-0.25, -0.2) is 4.39 Å². The fourth-order valence-corrected chi connectivity index (χ4v) is 2.70. The van der Waals surface area contributed by atoms with E-state index in [1.165, 1.54) is 6.07 Å². The Morgan fingerprint density at radius 3 is 2.65 bits per heavy atom. The van der Waals surface area contributed by atoms with Gasteiger partial charge < -0.3 is 10.4 Å². The number of aromatic hydroxyl groups is 1. The van der Waals surface area contributed by atoms with Crippen LogP contribution in [0, 0.1) is 12.7 Å². The van der Waals surface area contributed by atoms with Crippen molar-refractivity contribution in [1.82, 2.24) is 0 Å². The number of aryl methyl sites for hydroxylation is 1. The van der Waals surface area contributed by atoms with Crippen LogP contribution in [-0.4, -0.2) is 11.1 Å². The predicted octanol–water partition coefficient (Wildman–Crippen LogP) is 4.20. The van der Waals surface area contributed by atoms with Gasteiger partial charge in [0.2, 0.25) is 0 Å². The van der Waals surface area contributed by atoms with Gasteiger partial charge in [-0.3, -0.25) is 0 Å². The number of anilines is 1. The van der Waals surface area contributed by atoms with Crippen molar-refractivity contribution in [2.45, 2.75) is 31.7 Å². The third kappa shape index (κ3) is 2.62. The van der Waals surface area contributed by atoms with E-state index in [0.29, 0.717) is 17.7 Å². The first kappa shape index (κ1) is 13.0. The number of nitrogens with one attached hydrogen (secondary N) is 1. The van der Waals surface area contributed by atoms with Gasteiger partial charge in [0.25, 0.3) is 0 Å². The second-order valence-corrected chi connectivity index (χ2v) is 5.57. The number of phenolic OH excluding ortho intramolecular Hbond substituents is 1. The highest BCUT2D eigenvalue weighted by molar-refractivity contribution is 5.52. The average Bonchev–Trinajstić information content (AvgIpc) is 2.37. The van der Waals surface area contributed by atoms with E-state index in [4.69, 9.17) is 0 Å². The Labute approximate surface area is 118 Å². The SMILES string of the molecule is Cc1ccc(NC2CC(c3cccc(F)c3)C2)cc1O. The fraction of sp³-hybridized carbons (Fsp3) is 0.294. The van der Waals surface area contributed by atoms with Crippen molar-refractivity contribution in [1.29, 1.82) is 0 Å². The summed E-state index contributed by atoms with van der Waals surface area (Å²) >= 11 is 0. The van der Waals surface area contributed by atoms with Crippen LogP contribution in [-0.2, 0) is 0 Å². The Morgan fingerprint density at radius 1 is 1.15 bits per heavy atom. The molecule has 1 aliphatic rings. The Kier molecular flexibility index (Phi) is 3.35. The first-order chi connectivity index (χ1) is 9.61. The summed E-state index contributed by atoms with van der Waals surface area (Å²) in [6.07, 6.45) is 2.00. The van der Waals surface area contributed by atoms with E-state index in [9.17, 15) is 9.50 Å². The normalized spacial score (nSPS) is 21.3. The molecule has 0 heterocycles. The van der Waals surface area contributed by atoms with Gasteiger partial charge in [0.1, 0.15) is 11.6 Å². The molecule has 0 atom stereocenters. The summed E-state index contributed by atoms with van der Waals surface area (Å²) in [5.41, 5.74) is 2.90. The molecule has 0 amide bonds. The van der Waals surface area contributed by atoms with Gasteiger partial charge in [0, 0.05) is 17.8 Å². The molecule has 0 aliphatic heterocycles. The van der Waals surface area contributed by atoms with Crippen molar-refractivity contribution >= 4 is 5.69 Å². The molecule has 104 valence electrons. The fourth-order valence-electron chi connectivity index (χ4n) is 2.70. The zero-order chi connectivity index (χ0) is 14.1. The minimum absolute atomic E-state index is 0.164. The van der Waals surface area contributed by atoms with Crippen LogP contribution in [0.25, 0.3) is 0 Å². The van der Waals surface area contributed by atoms with Crippen molar-refractivity contribution in [3.05, 3.63) is 59.4 Å². The summed E-state index contributed by atoms with van der Waals surface area (Å²) in [7, 11) is 0. The molecule has 20 heavy (non-hydrogen) atoms. The highest BCUT2D eigenvalue weighted by Crippen LogP contribution is 2.39. The first-order valence-corrected chi connectivity index (χ1v) is 6.93. The Morgan fingerprint density at radius 2 is 1.95 bits per heavy atom. The lowest BCUT2D eigenvalue weighted by atomic mass is 9.76. The molecular weight excluding hydrogens is 253 g/mol. The summed E-state index contributed by atoms with van der Waals surface area (Å²) < 4.78 is 13.2. The van der Waals surface area contributed by atoms with Crippen LogP contribution < -0.4 is 5.32 Å². The maximum atomic E-state index is 13.2. The quantitative estimate of drug-likeness (QED) is 0.877. The van der Waals surface area contributed by atoms with E-state index in [2.05, 4.69) is 5.32 Å². The van der Waals surface area contributed by atoms with Gasteiger partial charge in [-0.2, -0.15) is 0 Å². The van der Waals surface area contributed by atoms with Crippen LogP contribution >= 0.6 is 0 Å². The van der Waals surface area contributed by atoms with Crippen molar-refractivity contribution in [3.8, 4) is 5.75 Å². The van der Waals surface area contributed by atoms with Crippen LogP contribution in [0.1, 0.15) is 29.9 Å². The van der Waals surface area contributed by atoms with Gasteiger partial charge >= 0.3 is 0 Å². The lowest BCUT2D eigenvalue weighted by Crippen LogP contribution is -2.34. The number of hydrogen-bond acceptors (Lipinski definition) is 2. The minimum Gasteiger partial charge on any atom is -0.508 e. The molecule has 0 saturated heterocycles. The zero-order valence-corrected chi connectivity index (χ0v) is 11.4. The van der Waals surface area contributed by atoms with Crippen molar-refractivity contribution in [3.63, 3.8) is 0 Å². The van der Waals surface area contributed by atoms with Crippen LogP contribution in [0.4, 0.5) is 10.1 Å². The molecule has 0 radical (unpaired) electrons. The molecular formula is C17H18FNO. The van der Waals surface area contributed by atoms with E-state index in [-0.39, 0.29) is 5.82 Å². The highest BCUT2D eigenvalue weighted by Gasteiger charge is 2.30. The standard InChI is InChI=1S/C17H18FNO/c1-11-5-6-15(10-17(11)20)19-16-8-13(9-16)12-3-2-4-14(18)7-12/h2-7,10,13,16,19-20H,8-9H2,1H3. The van der Waals surface area contributed by atoms with E-state index < -0.39 is 0 Å². The zero-order valence-electron chi connectivity index (χ0n) is 11.4. The number of phenols is 1. The van der Waals surface area contributed by atoms with Crippen LogP contribution in [0.15, 0.2) is 42.5 Å². The molecule has 0 bridgehead atoms. The van der Waals surface area contributed by atoms with E-state index in [1.807, 2.05) is 25.1 Å². The molecule has 3 heteroatoms. The lowest BCUT2D eigenvalue weighted by molar-refractivity contribution is 0.373. The summed E-state index contributed by atoms with van der Waals surface area (Å²) in [4.78, 5) is 0. The molecule has 0 aromatic heterocycles. The maximum Gasteiger partial charge on any atom is 0.123 e. The van der Waals surface area contributed by atoms with Crippen molar-refractivity contribution < 1.29 is 9.50 Å². The van der Waals surface area contributed by atoms with Gasteiger partial charge in [0.05, 0.1) is 0 Å². The van der Waals surface area contributed by atoms with Gasteiger partial charge in [-0.15, -0.1) is 0 Å². The molecule has 2 aromatic rings. The Bertz CT molecular complexity index is 620. The van der Waals surface area contributed by atoms with Crippen LogP contribution in [0.3, 0.4) is 0 Å². The number of benzene rings is 2. The van der Waals surface area contributed by atoms with E-state index in [0.717, 1.165) is 29.7 Å². The monoisotopic (exact) mass is 271 g/mol. The van der Waals surface area contributed by atoms with Gasteiger partial charge in [-0.05, 0) is 55.0 Å². The van der Waals surface area contributed by atoms with Gasteiger partial charge in [0.15, 0.2) is 0 Å². The largest absolute Gasteiger partial charge is 0.508 e. The van der Waals surface area contributed by atoms with E-state index in [1.54, 1.807) is 18.2 Å². The lowest BCUT2D eigenvalue weighted by Gasteiger charge is -2.37. The third-order valence-electron chi connectivity index (χ3n) is 4.04. The molecule has 1 aliphatic carbocycles. The second kappa shape index (κ2) is 5.16. The van der Waals surface area contributed by atoms with Gasteiger partial charge in [-0.1, -0.05) is 18.2 Å². The number of rotatable bonds is 3. The molecule has 1 fully saturated rings. The average molecular weight is 271 g/mol. The maximum absolute atomic E-state index is 13.2. The molecule has 2 nitrogen and oxygen atoms in total. The molecule has 3 rings (SSSR count). The van der Waals surface area contributed by atoms with Crippen molar-refractivity contribution in [2.75, 3.05) is 5.32 Å². The summed E-state index contributed by atoms with van der Waals surface area (Å²) in [6.45, 7) is 1.88. The third-order valence-corrected chi connectivity index (χ3v) is 4.04. The van der Waals surface area contributed by atoms with Crippen LogP contribution in [0.5, 0.6) is 5.75 Å². The minimum atomic E-state index is -0.164. The topological polar surface area (TPSA) is 32.3 Å². The summed E-state index contributed by atoms with van der Waals surface area (Å²) in [5, 5.41) is 13.1. The Balaban J connectivity index is 1.59. The van der Waals surface area contributed by atoms with E-state index >= 15 is 0 Å². The first-order valence-electron chi connectivity index (χ1n) is 6.93. The molecule has 1 saturated carbocycles. The predicted molar refractivity (Wildman–Crippen MR) is 78.6 cm³/mol. The molecule has 0 spiro atoms. The molecule has 0 unspecified atom stereocenters. The molecule has 2 aromatic carbocycles. The highest BCUT2D eigenvalue weighted by atomic mass is 19.1. The molecule has 2 N–H and O–H groups in total. The Hall–Kier alpha value is -2.03. The summed E-state index contributed by atoms with van der Waals surface area (Å²) in [6, 6.07) is 12.9. The smallest absolute Gasteiger partial charge is 0.123 e. The number of halogens is 1. The summed E-state index contributed by atoms with van der Waals surface area (Å²) in [5.74, 6) is 0.584. The second-order valence-electron chi connectivity index (χ2n) is 5.57.